The van der Waals surface area contributed by atoms with Gasteiger partial charge in [0.15, 0.2) is 0 Å². The molecule has 0 saturated carbocycles. The van der Waals surface area contributed by atoms with Gasteiger partial charge in [-0.15, -0.1) is 0 Å². The number of ether oxygens (including phenoxy) is 2. The number of aromatic nitrogens is 2. The number of para-hydroxylation sites is 2. The third-order valence-corrected chi connectivity index (χ3v) is 6.13. The lowest BCUT2D eigenvalue weighted by Gasteiger charge is -2.32. The number of hydrogen-bond donors (Lipinski definition) is 3. The fraction of sp³-hybridized carbons (Fsp3) is 0.321. The number of benzene rings is 2. The number of nitrogens with one attached hydrogen (secondary N) is 2. The second-order valence-electron chi connectivity index (χ2n) is 9.96. The van der Waals surface area contributed by atoms with Crippen molar-refractivity contribution in [3.8, 4) is 0 Å². The lowest BCUT2D eigenvalue weighted by atomic mass is 10.0. The molecule has 0 unspecified atom stereocenters. The highest BCUT2D eigenvalue weighted by Crippen LogP contribution is 2.24. The number of carbonyl (C=O) groups excluding carboxylic acids is 3. The molecule has 0 spiro atoms. The highest BCUT2D eigenvalue weighted by molar-refractivity contribution is 6.00. The van der Waals surface area contributed by atoms with Crippen LogP contribution in [0.5, 0.6) is 0 Å². The number of nitrogens with zero attached hydrogens (tertiary/aromatic N) is 1. The van der Waals surface area contributed by atoms with Crippen molar-refractivity contribution in [3.05, 3.63) is 72.1 Å². The highest BCUT2D eigenvalue weighted by atomic mass is 16.6. The van der Waals surface area contributed by atoms with Crippen LogP contribution in [-0.4, -0.2) is 57.6 Å². The summed E-state index contributed by atoms with van der Waals surface area (Å²) in [6.07, 6.45) is 2.77. The van der Waals surface area contributed by atoms with E-state index in [1.54, 1.807) is 33.2 Å². The SMILES string of the molecule is COC(=O)[C@H](Cc1c[nH]c2ccccc12)N(C(=O)OC(C)(C)C)C(=O)[C@@H](N)Cc1c[nH]c2ccccc12. The lowest BCUT2D eigenvalue weighted by Crippen LogP contribution is -2.56. The van der Waals surface area contributed by atoms with Crippen molar-refractivity contribution in [2.75, 3.05) is 7.11 Å². The second kappa shape index (κ2) is 10.5. The zero-order chi connectivity index (χ0) is 26.7. The van der Waals surface area contributed by atoms with E-state index in [1.165, 1.54) is 7.11 Å². The molecule has 9 nitrogen and oxygen atoms in total. The maximum atomic E-state index is 13.8. The fourth-order valence-electron chi connectivity index (χ4n) is 4.41. The van der Waals surface area contributed by atoms with Crippen molar-refractivity contribution in [2.24, 2.45) is 5.73 Å². The number of nitrogens with two attached hydrogens (primary N) is 1. The van der Waals surface area contributed by atoms with Crippen LogP contribution in [0.4, 0.5) is 4.79 Å². The lowest BCUT2D eigenvalue weighted by molar-refractivity contribution is -0.152. The van der Waals surface area contributed by atoms with Gasteiger partial charge in [-0.25, -0.2) is 14.5 Å². The summed E-state index contributed by atoms with van der Waals surface area (Å²) in [5.41, 5.74) is 8.82. The molecule has 0 fully saturated rings. The van der Waals surface area contributed by atoms with Crippen molar-refractivity contribution in [1.82, 2.24) is 14.9 Å². The summed E-state index contributed by atoms with van der Waals surface area (Å²) < 4.78 is 10.6. The van der Waals surface area contributed by atoms with Crippen LogP contribution in [0.15, 0.2) is 60.9 Å². The molecular formula is C28H32N4O5. The number of imide groups is 1. The van der Waals surface area contributed by atoms with Gasteiger partial charge in [-0.2, -0.15) is 0 Å². The number of fused-ring (bicyclic) bond motifs is 2. The standard InChI is InChI=1S/C28H32N4O5/c1-28(2,3)37-27(35)32(25(33)21(29)13-17-15-30-22-11-7-5-9-19(17)22)24(26(34)36-4)14-18-16-31-23-12-8-6-10-20(18)23/h5-12,15-16,21,24,30-31H,13-14,29H2,1-4H3/t21-,24-/m0/s1. The summed E-state index contributed by atoms with van der Waals surface area (Å²) >= 11 is 0. The third-order valence-electron chi connectivity index (χ3n) is 6.13. The normalized spacial score (nSPS) is 13.3. The number of amides is 2. The van der Waals surface area contributed by atoms with Crippen LogP contribution in [0, 0.1) is 0 Å². The third kappa shape index (κ3) is 5.67. The molecular weight excluding hydrogens is 472 g/mol. The molecule has 2 amide bonds. The van der Waals surface area contributed by atoms with E-state index < -0.39 is 35.7 Å². The first-order valence-corrected chi connectivity index (χ1v) is 12.1. The van der Waals surface area contributed by atoms with Crippen LogP contribution in [-0.2, 0) is 31.9 Å². The predicted octanol–water partition coefficient (Wildman–Crippen LogP) is 4.07. The van der Waals surface area contributed by atoms with Crippen molar-refractivity contribution in [1.29, 1.82) is 0 Å². The maximum absolute atomic E-state index is 13.8. The molecule has 2 atom stereocenters. The average molecular weight is 505 g/mol. The van der Waals surface area contributed by atoms with Gasteiger partial charge in [-0.05, 0) is 50.5 Å². The van der Waals surface area contributed by atoms with Crippen LogP contribution in [0.2, 0.25) is 0 Å². The predicted molar refractivity (Wildman–Crippen MR) is 141 cm³/mol. The summed E-state index contributed by atoms with van der Waals surface area (Å²) in [7, 11) is 1.22. The molecule has 0 saturated heterocycles. The molecule has 0 bridgehead atoms. The first-order valence-electron chi connectivity index (χ1n) is 12.1. The van der Waals surface area contributed by atoms with Crippen molar-refractivity contribution < 1.29 is 23.9 Å². The van der Waals surface area contributed by atoms with E-state index in [9.17, 15) is 14.4 Å². The highest BCUT2D eigenvalue weighted by Gasteiger charge is 2.40. The Hall–Kier alpha value is -4.11. The molecule has 2 heterocycles. The summed E-state index contributed by atoms with van der Waals surface area (Å²) in [6.45, 7) is 5.06. The van der Waals surface area contributed by atoms with Crippen molar-refractivity contribution in [3.63, 3.8) is 0 Å². The maximum Gasteiger partial charge on any atom is 0.417 e. The first kappa shape index (κ1) is 26.0. The van der Waals surface area contributed by atoms with Crippen LogP contribution in [0.25, 0.3) is 21.8 Å². The Bertz CT molecular complexity index is 1430. The Kier molecular flexibility index (Phi) is 7.35. The summed E-state index contributed by atoms with van der Waals surface area (Å²) in [4.78, 5) is 47.3. The Balaban J connectivity index is 1.69. The van der Waals surface area contributed by atoms with Gasteiger partial charge < -0.3 is 25.2 Å². The van der Waals surface area contributed by atoms with E-state index in [-0.39, 0.29) is 12.8 Å². The topological polar surface area (TPSA) is 131 Å². The fourth-order valence-corrected chi connectivity index (χ4v) is 4.41. The Labute approximate surface area is 214 Å². The number of hydrogen-bond acceptors (Lipinski definition) is 6. The number of esters is 1. The van der Waals surface area contributed by atoms with Gasteiger partial charge in [0.1, 0.15) is 11.6 Å². The zero-order valence-electron chi connectivity index (χ0n) is 21.4. The minimum absolute atomic E-state index is 0.0292. The molecule has 2 aromatic heterocycles. The Morgan fingerprint density at radius 3 is 1.92 bits per heavy atom. The number of methoxy groups -OCH3 is 1. The molecule has 0 aliphatic rings. The molecule has 2 aromatic carbocycles. The number of aromatic amines is 2. The quantitative estimate of drug-likeness (QED) is 0.325. The summed E-state index contributed by atoms with van der Waals surface area (Å²) in [5, 5.41) is 1.80. The van der Waals surface area contributed by atoms with Crippen LogP contribution >= 0.6 is 0 Å². The zero-order valence-corrected chi connectivity index (χ0v) is 21.4. The number of H-pyrrole nitrogens is 2. The van der Waals surface area contributed by atoms with Gasteiger partial charge in [0.25, 0.3) is 0 Å². The Morgan fingerprint density at radius 1 is 0.892 bits per heavy atom. The van der Waals surface area contributed by atoms with E-state index in [0.717, 1.165) is 37.8 Å². The van der Waals surface area contributed by atoms with Crippen LogP contribution in [0.3, 0.4) is 0 Å². The van der Waals surface area contributed by atoms with Crippen molar-refractivity contribution >= 4 is 39.8 Å². The number of carbonyl (C=O) groups is 3. The van der Waals surface area contributed by atoms with Gasteiger partial charge in [0.05, 0.1) is 13.2 Å². The molecule has 0 aliphatic carbocycles. The summed E-state index contributed by atoms with van der Waals surface area (Å²) in [6, 6.07) is 12.8. The molecule has 37 heavy (non-hydrogen) atoms. The average Bonchev–Trinajstić information content (AvgIpc) is 3.46. The second-order valence-corrected chi connectivity index (χ2v) is 9.96. The van der Waals surface area contributed by atoms with Gasteiger partial charge in [0.2, 0.25) is 5.91 Å². The smallest absolute Gasteiger partial charge is 0.417 e. The summed E-state index contributed by atoms with van der Waals surface area (Å²) in [5.74, 6) is -1.47. The van der Waals surface area contributed by atoms with Crippen molar-refractivity contribution in [2.45, 2.75) is 51.3 Å². The minimum atomic E-state index is -1.28. The molecule has 4 rings (SSSR count). The molecule has 4 N–H and O–H groups in total. The van der Waals surface area contributed by atoms with Gasteiger partial charge >= 0.3 is 12.1 Å². The van der Waals surface area contributed by atoms with E-state index >= 15 is 0 Å². The van der Waals surface area contributed by atoms with E-state index in [1.807, 2.05) is 48.5 Å². The van der Waals surface area contributed by atoms with E-state index in [0.29, 0.717) is 0 Å². The molecule has 0 aliphatic heterocycles. The van der Waals surface area contributed by atoms with Gasteiger partial charge in [-0.3, -0.25) is 4.79 Å². The largest absolute Gasteiger partial charge is 0.467 e. The molecule has 4 aromatic rings. The molecule has 0 radical (unpaired) electrons. The van der Waals surface area contributed by atoms with Crippen LogP contribution < -0.4 is 5.73 Å². The molecule has 9 heteroatoms. The monoisotopic (exact) mass is 504 g/mol. The minimum Gasteiger partial charge on any atom is -0.467 e. The van der Waals surface area contributed by atoms with Crippen LogP contribution in [0.1, 0.15) is 31.9 Å². The number of rotatable bonds is 7. The molecule has 194 valence electrons. The van der Waals surface area contributed by atoms with Gasteiger partial charge in [0, 0.05) is 40.6 Å². The first-order chi connectivity index (χ1) is 17.6. The van der Waals surface area contributed by atoms with E-state index in [2.05, 4.69) is 9.97 Å². The Morgan fingerprint density at radius 2 is 1.41 bits per heavy atom. The van der Waals surface area contributed by atoms with Gasteiger partial charge in [-0.1, -0.05) is 36.4 Å². The van der Waals surface area contributed by atoms with E-state index in [4.69, 9.17) is 15.2 Å².